The highest BCUT2D eigenvalue weighted by atomic mass is 16.1. The van der Waals surface area contributed by atoms with Crippen LogP contribution in [0.3, 0.4) is 0 Å². The zero-order valence-electron chi connectivity index (χ0n) is 8.05. The lowest BCUT2D eigenvalue weighted by Crippen LogP contribution is -2.57. The summed E-state index contributed by atoms with van der Waals surface area (Å²) in [6.07, 6.45) is 0. The predicted octanol–water partition coefficient (Wildman–Crippen LogP) is -0.678. The predicted molar refractivity (Wildman–Crippen MR) is 52.2 cm³/mol. The Bertz CT molecular complexity index is 215. The number of carbonyl (C=O) groups is 1. The highest BCUT2D eigenvalue weighted by Gasteiger charge is 2.25. The summed E-state index contributed by atoms with van der Waals surface area (Å²) >= 11 is 0. The molecule has 13 heavy (non-hydrogen) atoms. The van der Waals surface area contributed by atoms with Crippen molar-refractivity contribution in [2.75, 3.05) is 26.2 Å². The number of hydrogen-bond donors (Lipinski definition) is 2. The van der Waals surface area contributed by atoms with Crippen LogP contribution < -0.4 is 11.1 Å². The molecule has 0 aromatic rings. The number of amides is 1. The first kappa shape index (κ1) is 10.2. The summed E-state index contributed by atoms with van der Waals surface area (Å²) in [5, 5.41) is 3.15. The topological polar surface area (TPSA) is 58.4 Å². The standard InChI is InChI=1S/C9H17N3O/c1-7(2)6-12-4-3-11-5-8(12)9(10)13/h8,11H,1,3-6H2,2H3,(H2,10,13). The number of carbonyl (C=O) groups excluding carboxylic acids is 1. The van der Waals surface area contributed by atoms with Crippen LogP contribution in [0.4, 0.5) is 0 Å². The Morgan fingerprint density at radius 2 is 2.46 bits per heavy atom. The van der Waals surface area contributed by atoms with Crippen LogP contribution in [0.25, 0.3) is 0 Å². The van der Waals surface area contributed by atoms with Crippen molar-refractivity contribution in [3.63, 3.8) is 0 Å². The maximum Gasteiger partial charge on any atom is 0.236 e. The molecule has 0 aromatic heterocycles. The molecule has 74 valence electrons. The maximum atomic E-state index is 11.1. The number of nitrogens with one attached hydrogen (secondary N) is 1. The van der Waals surface area contributed by atoms with Crippen molar-refractivity contribution in [3.05, 3.63) is 12.2 Å². The van der Waals surface area contributed by atoms with Crippen LogP contribution in [0.15, 0.2) is 12.2 Å². The Hall–Kier alpha value is -0.870. The average molecular weight is 183 g/mol. The Labute approximate surface area is 78.8 Å². The molecule has 0 saturated carbocycles. The van der Waals surface area contributed by atoms with E-state index in [9.17, 15) is 4.79 Å². The Kier molecular flexibility index (Phi) is 3.45. The fourth-order valence-corrected chi connectivity index (χ4v) is 1.56. The van der Waals surface area contributed by atoms with E-state index < -0.39 is 0 Å². The van der Waals surface area contributed by atoms with Crippen LogP contribution >= 0.6 is 0 Å². The van der Waals surface area contributed by atoms with E-state index in [-0.39, 0.29) is 11.9 Å². The number of nitrogens with two attached hydrogens (primary N) is 1. The third kappa shape index (κ3) is 2.82. The van der Waals surface area contributed by atoms with Gasteiger partial charge in [0.05, 0.1) is 0 Å². The first-order valence-electron chi connectivity index (χ1n) is 4.49. The van der Waals surface area contributed by atoms with Crippen molar-refractivity contribution in [1.29, 1.82) is 0 Å². The number of primary amides is 1. The quantitative estimate of drug-likeness (QED) is 0.570. The van der Waals surface area contributed by atoms with Gasteiger partial charge in [-0.1, -0.05) is 12.2 Å². The van der Waals surface area contributed by atoms with Crippen LogP contribution in [0.5, 0.6) is 0 Å². The van der Waals surface area contributed by atoms with Gasteiger partial charge in [0.2, 0.25) is 5.91 Å². The molecule has 1 rings (SSSR count). The minimum absolute atomic E-state index is 0.176. The van der Waals surface area contributed by atoms with Crippen molar-refractivity contribution < 1.29 is 4.79 Å². The summed E-state index contributed by atoms with van der Waals surface area (Å²) in [6.45, 7) is 8.98. The van der Waals surface area contributed by atoms with Crippen molar-refractivity contribution in [1.82, 2.24) is 10.2 Å². The summed E-state index contributed by atoms with van der Waals surface area (Å²) < 4.78 is 0. The molecule has 0 aliphatic carbocycles. The van der Waals surface area contributed by atoms with Gasteiger partial charge in [-0.2, -0.15) is 0 Å². The van der Waals surface area contributed by atoms with E-state index in [0.717, 1.165) is 25.2 Å². The van der Waals surface area contributed by atoms with E-state index in [1.54, 1.807) is 0 Å². The smallest absolute Gasteiger partial charge is 0.236 e. The number of rotatable bonds is 3. The first-order valence-corrected chi connectivity index (χ1v) is 4.49. The van der Waals surface area contributed by atoms with E-state index >= 15 is 0 Å². The highest BCUT2D eigenvalue weighted by molar-refractivity contribution is 5.80. The van der Waals surface area contributed by atoms with Gasteiger partial charge in [0, 0.05) is 26.2 Å². The lowest BCUT2D eigenvalue weighted by atomic mass is 10.1. The van der Waals surface area contributed by atoms with E-state index in [0.29, 0.717) is 6.54 Å². The van der Waals surface area contributed by atoms with Crippen LogP contribution in [0.1, 0.15) is 6.92 Å². The number of hydrogen-bond acceptors (Lipinski definition) is 3. The molecule has 1 amide bonds. The van der Waals surface area contributed by atoms with Crippen LogP contribution in [0.2, 0.25) is 0 Å². The molecule has 1 heterocycles. The van der Waals surface area contributed by atoms with Gasteiger partial charge < -0.3 is 11.1 Å². The zero-order chi connectivity index (χ0) is 9.84. The zero-order valence-corrected chi connectivity index (χ0v) is 8.05. The molecule has 3 N–H and O–H groups in total. The van der Waals surface area contributed by atoms with Crippen LogP contribution in [-0.2, 0) is 4.79 Å². The second-order valence-electron chi connectivity index (χ2n) is 3.55. The van der Waals surface area contributed by atoms with E-state index in [2.05, 4.69) is 16.8 Å². The van der Waals surface area contributed by atoms with E-state index in [1.807, 2.05) is 6.92 Å². The molecule has 0 radical (unpaired) electrons. The molecule has 1 unspecified atom stereocenters. The fourth-order valence-electron chi connectivity index (χ4n) is 1.56. The first-order chi connectivity index (χ1) is 6.11. The summed E-state index contributed by atoms with van der Waals surface area (Å²) in [6, 6.07) is -0.176. The Balaban J connectivity index is 2.56. The minimum Gasteiger partial charge on any atom is -0.368 e. The molecule has 0 aromatic carbocycles. The molecular formula is C9H17N3O. The molecule has 1 fully saturated rings. The van der Waals surface area contributed by atoms with Gasteiger partial charge in [-0.25, -0.2) is 0 Å². The van der Waals surface area contributed by atoms with Gasteiger partial charge >= 0.3 is 0 Å². The normalized spacial score (nSPS) is 24.2. The second kappa shape index (κ2) is 4.39. The van der Waals surface area contributed by atoms with Crippen molar-refractivity contribution in [2.45, 2.75) is 13.0 Å². The van der Waals surface area contributed by atoms with E-state index in [4.69, 9.17) is 5.73 Å². The van der Waals surface area contributed by atoms with E-state index in [1.165, 1.54) is 0 Å². The lowest BCUT2D eigenvalue weighted by molar-refractivity contribution is -0.123. The number of piperazine rings is 1. The molecule has 0 bridgehead atoms. The molecule has 1 aliphatic heterocycles. The second-order valence-corrected chi connectivity index (χ2v) is 3.55. The summed E-state index contributed by atoms with van der Waals surface area (Å²) in [5.74, 6) is -0.256. The maximum absolute atomic E-state index is 11.1. The van der Waals surface area contributed by atoms with Crippen molar-refractivity contribution in [2.24, 2.45) is 5.73 Å². The highest BCUT2D eigenvalue weighted by Crippen LogP contribution is 2.05. The monoisotopic (exact) mass is 183 g/mol. The van der Waals surface area contributed by atoms with Gasteiger partial charge in [-0.15, -0.1) is 0 Å². The molecule has 4 nitrogen and oxygen atoms in total. The molecule has 1 saturated heterocycles. The Morgan fingerprint density at radius 1 is 1.77 bits per heavy atom. The van der Waals surface area contributed by atoms with Gasteiger partial charge in [0.1, 0.15) is 6.04 Å². The molecule has 0 spiro atoms. The minimum atomic E-state index is -0.256. The SMILES string of the molecule is C=C(C)CN1CCNCC1C(N)=O. The van der Waals surface area contributed by atoms with Crippen molar-refractivity contribution in [3.8, 4) is 0 Å². The lowest BCUT2D eigenvalue weighted by Gasteiger charge is -2.34. The molecular weight excluding hydrogens is 166 g/mol. The van der Waals surface area contributed by atoms with Gasteiger partial charge in [0.25, 0.3) is 0 Å². The number of nitrogens with zero attached hydrogens (tertiary/aromatic N) is 1. The average Bonchev–Trinajstić information content (AvgIpc) is 2.03. The Morgan fingerprint density at radius 3 is 3.00 bits per heavy atom. The third-order valence-electron chi connectivity index (χ3n) is 2.16. The van der Waals surface area contributed by atoms with Gasteiger partial charge in [-0.3, -0.25) is 9.69 Å². The van der Waals surface area contributed by atoms with Crippen molar-refractivity contribution >= 4 is 5.91 Å². The van der Waals surface area contributed by atoms with Gasteiger partial charge in [-0.05, 0) is 6.92 Å². The largest absolute Gasteiger partial charge is 0.368 e. The molecule has 4 heteroatoms. The van der Waals surface area contributed by atoms with Gasteiger partial charge in [0.15, 0.2) is 0 Å². The summed E-state index contributed by atoms with van der Waals surface area (Å²) in [7, 11) is 0. The van der Waals surface area contributed by atoms with Crippen LogP contribution in [-0.4, -0.2) is 43.0 Å². The van der Waals surface area contributed by atoms with Crippen LogP contribution in [0, 0.1) is 0 Å². The molecule has 1 aliphatic rings. The third-order valence-corrected chi connectivity index (χ3v) is 2.16. The molecule has 1 atom stereocenters. The summed E-state index contributed by atoms with van der Waals surface area (Å²) in [4.78, 5) is 13.1. The summed E-state index contributed by atoms with van der Waals surface area (Å²) in [5.41, 5.74) is 6.35. The fraction of sp³-hybridized carbons (Fsp3) is 0.667.